The van der Waals surface area contributed by atoms with Gasteiger partial charge in [0.05, 0.1) is 0 Å². The molecule has 0 radical (unpaired) electrons. The highest BCUT2D eigenvalue weighted by atomic mass is 35.6. The lowest BCUT2D eigenvalue weighted by Crippen LogP contribution is -2.40. The highest BCUT2D eigenvalue weighted by Gasteiger charge is 2.24. The summed E-state index contributed by atoms with van der Waals surface area (Å²) in [5, 5.41) is 11.0. The largest absolute Gasteiger partial charge is 0.479 e. The van der Waals surface area contributed by atoms with E-state index in [9.17, 15) is 9.59 Å². The second-order valence-corrected chi connectivity index (χ2v) is 6.26. The first-order valence-corrected chi connectivity index (χ1v) is 6.71. The summed E-state index contributed by atoms with van der Waals surface area (Å²) in [7, 11) is 0. The van der Waals surface area contributed by atoms with E-state index < -0.39 is 28.5 Å². The van der Waals surface area contributed by atoms with Crippen molar-refractivity contribution in [2.75, 3.05) is 6.61 Å². The van der Waals surface area contributed by atoms with Gasteiger partial charge >= 0.3 is 12.1 Å². The monoisotopic (exact) mass is 349 g/mol. The summed E-state index contributed by atoms with van der Waals surface area (Å²) in [6.45, 7) is -0.512. The number of alkyl halides is 3. The highest BCUT2D eigenvalue weighted by molar-refractivity contribution is 6.67. The van der Waals surface area contributed by atoms with Gasteiger partial charge in [-0.2, -0.15) is 0 Å². The Kier molecular flexibility index (Phi) is 6.63. The third kappa shape index (κ3) is 7.66. The zero-order valence-corrected chi connectivity index (χ0v) is 12.7. The predicted molar refractivity (Wildman–Crippen MR) is 79.5 cm³/mol. The molecule has 0 aliphatic carbocycles. The Morgan fingerprint density at radius 1 is 1.29 bits per heavy atom. The maximum absolute atomic E-state index is 11.4. The van der Waals surface area contributed by atoms with Gasteiger partial charge in [-0.25, -0.2) is 9.59 Å². The summed E-state index contributed by atoms with van der Waals surface area (Å²) >= 11 is 16.2. The van der Waals surface area contributed by atoms with Crippen LogP contribution in [0.2, 0.25) is 0 Å². The normalized spacial score (nSPS) is 11.8. The van der Waals surface area contributed by atoms with Gasteiger partial charge in [-0.05, 0) is 12.1 Å². The fourth-order valence-corrected chi connectivity index (χ4v) is 1.31. The number of amides is 1. The number of nitrogens with one attached hydrogen (secondary N) is 1. The maximum Gasteiger partial charge on any atom is 0.408 e. The highest BCUT2D eigenvalue weighted by Crippen LogP contribution is 2.25. The van der Waals surface area contributed by atoms with Crippen LogP contribution in [0.15, 0.2) is 30.3 Å². The molecule has 0 fully saturated rings. The number of rotatable bonds is 3. The minimum absolute atomic E-state index is 0.512. The fraction of sp³-hybridized carbons (Fsp3) is 0.231. The van der Waals surface area contributed by atoms with Crippen molar-refractivity contribution in [2.45, 2.75) is 9.83 Å². The number of benzene rings is 1. The Hall–Kier alpha value is -1.61. The molecule has 2 N–H and O–H groups in total. The van der Waals surface area contributed by atoms with Gasteiger partial charge in [0.15, 0.2) is 6.04 Å². The lowest BCUT2D eigenvalue weighted by atomic mass is 10.2. The van der Waals surface area contributed by atoms with Gasteiger partial charge < -0.3 is 9.84 Å². The molecular formula is C13H10Cl3NO4. The van der Waals surface area contributed by atoms with Crippen molar-refractivity contribution in [1.29, 1.82) is 0 Å². The number of carboxylic acids is 1. The fourth-order valence-electron chi connectivity index (χ4n) is 1.14. The molecule has 0 aliphatic rings. The first-order chi connectivity index (χ1) is 9.78. The van der Waals surface area contributed by atoms with E-state index in [1.54, 1.807) is 30.3 Å². The van der Waals surface area contributed by atoms with Crippen LogP contribution in [0.25, 0.3) is 0 Å². The third-order valence-corrected chi connectivity index (χ3v) is 2.34. The minimum Gasteiger partial charge on any atom is -0.479 e. The number of alkyl carbamates (subject to hydrolysis) is 1. The van der Waals surface area contributed by atoms with Crippen LogP contribution in [-0.2, 0) is 9.53 Å². The van der Waals surface area contributed by atoms with E-state index in [-0.39, 0.29) is 0 Å². The van der Waals surface area contributed by atoms with E-state index in [1.165, 1.54) is 0 Å². The van der Waals surface area contributed by atoms with E-state index in [2.05, 4.69) is 16.6 Å². The number of ether oxygens (including phenoxy) is 1. The van der Waals surface area contributed by atoms with Crippen LogP contribution in [0.3, 0.4) is 0 Å². The molecule has 0 bridgehead atoms. The standard InChI is InChI=1S/C13H10Cl3NO4/c14-13(15,16)8-21-12(20)17-10(11(18)19)7-6-9-4-2-1-3-5-9/h1-5,10H,8H2,(H,17,20)(H,18,19)/t10-/m1/s1. The topological polar surface area (TPSA) is 75.6 Å². The van der Waals surface area contributed by atoms with E-state index in [0.29, 0.717) is 5.56 Å². The maximum atomic E-state index is 11.4. The lowest BCUT2D eigenvalue weighted by Gasteiger charge is -2.13. The zero-order chi connectivity index (χ0) is 15.9. The second kappa shape index (κ2) is 7.99. The first-order valence-electron chi connectivity index (χ1n) is 5.57. The average Bonchev–Trinajstić information content (AvgIpc) is 2.41. The molecular weight excluding hydrogens is 341 g/mol. The van der Waals surface area contributed by atoms with Crippen LogP contribution in [0.4, 0.5) is 4.79 Å². The Bertz CT molecular complexity index is 560. The lowest BCUT2D eigenvalue weighted by molar-refractivity contribution is -0.137. The average molecular weight is 351 g/mol. The van der Waals surface area contributed by atoms with Crippen LogP contribution in [0, 0.1) is 11.8 Å². The van der Waals surface area contributed by atoms with Gasteiger partial charge in [0, 0.05) is 5.56 Å². The minimum atomic E-state index is -1.77. The summed E-state index contributed by atoms with van der Waals surface area (Å²) in [5.74, 6) is 3.70. The number of carbonyl (C=O) groups excluding carboxylic acids is 1. The van der Waals surface area contributed by atoms with Gasteiger partial charge in [0.1, 0.15) is 6.61 Å². The van der Waals surface area contributed by atoms with Gasteiger partial charge in [0.25, 0.3) is 0 Å². The van der Waals surface area contributed by atoms with E-state index in [4.69, 9.17) is 39.9 Å². The van der Waals surface area contributed by atoms with Crippen molar-refractivity contribution in [3.63, 3.8) is 0 Å². The molecule has 0 saturated heterocycles. The van der Waals surface area contributed by atoms with Crippen molar-refractivity contribution >= 4 is 46.9 Å². The molecule has 0 aliphatic heterocycles. The van der Waals surface area contributed by atoms with Crippen LogP contribution < -0.4 is 5.32 Å². The summed E-state index contributed by atoms with van der Waals surface area (Å²) in [6.07, 6.45) is -1.05. The van der Waals surface area contributed by atoms with Crippen LogP contribution >= 0.6 is 34.8 Å². The molecule has 112 valence electrons. The van der Waals surface area contributed by atoms with Crippen molar-refractivity contribution in [1.82, 2.24) is 5.32 Å². The molecule has 1 aromatic carbocycles. The smallest absolute Gasteiger partial charge is 0.408 e. The zero-order valence-electron chi connectivity index (χ0n) is 10.5. The predicted octanol–water partition coefficient (Wildman–Crippen LogP) is 2.59. The van der Waals surface area contributed by atoms with Gasteiger partial charge in [-0.1, -0.05) is 64.8 Å². The van der Waals surface area contributed by atoms with Crippen molar-refractivity contribution in [3.05, 3.63) is 35.9 Å². The molecule has 8 heteroatoms. The van der Waals surface area contributed by atoms with Crippen molar-refractivity contribution in [3.8, 4) is 11.8 Å². The molecule has 0 aromatic heterocycles. The molecule has 1 atom stereocenters. The van der Waals surface area contributed by atoms with Crippen LogP contribution in [0.1, 0.15) is 5.56 Å². The number of hydrogen-bond acceptors (Lipinski definition) is 3. The Balaban J connectivity index is 2.65. The summed E-state index contributed by atoms with van der Waals surface area (Å²) in [6, 6.07) is 7.27. The molecule has 0 saturated carbocycles. The van der Waals surface area contributed by atoms with Gasteiger partial charge in [-0.3, -0.25) is 5.32 Å². The molecule has 0 unspecified atom stereocenters. The molecule has 0 heterocycles. The van der Waals surface area contributed by atoms with Crippen molar-refractivity contribution in [2.24, 2.45) is 0 Å². The van der Waals surface area contributed by atoms with Gasteiger partial charge in [-0.15, -0.1) is 0 Å². The third-order valence-electron chi connectivity index (χ3n) is 2.01. The number of carbonyl (C=O) groups is 2. The molecule has 5 nitrogen and oxygen atoms in total. The quantitative estimate of drug-likeness (QED) is 0.649. The Morgan fingerprint density at radius 2 is 1.90 bits per heavy atom. The molecule has 0 spiro atoms. The number of halogens is 3. The number of hydrogen-bond donors (Lipinski definition) is 2. The van der Waals surface area contributed by atoms with E-state index in [0.717, 1.165) is 0 Å². The summed E-state index contributed by atoms with van der Waals surface area (Å²) < 4.78 is 2.79. The van der Waals surface area contributed by atoms with Gasteiger partial charge in [0.2, 0.25) is 3.79 Å². The van der Waals surface area contributed by atoms with Crippen LogP contribution in [0.5, 0.6) is 0 Å². The SMILES string of the molecule is O=C(N[C@H](C#Cc1ccccc1)C(=O)O)OCC(Cl)(Cl)Cl. The Morgan fingerprint density at radius 3 is 2.43 bits per heavy atom. The molecule has 1 amide bonds. The molecule has 1 rings (SSSR count). The van der Waals surface area contributed by atoms with Crippen molar-refractivity contribution < 1.29 is 19.4 Å². The second-order valence-electron chi connectivity index (χ2n) is 3.74. The summed E-state index contributed by atoms with van der Waals surface area (Å²) in [5.41, 5.74) is 0.611. The van der Waals surface area contributed by atoms with Crippen LogP contribution in [-0.4, -0.2) is 33.6 Å². The molecule has 21 heavy (non-hydrogen) atoms. The molecule has 1 aromatic rings. The number of carboxylic acid groups (broad SMARTS) is 1. The van der Waals surface area contributed by atoms with E-state index >= 15 is 0 Å². The summed E-state index contributed by atoms with van der Waals surface area (Å²) in [4.78, 5) is 22.4. The van der Waals surface area contributed by atoms with E-state index in [1.807, 2.05) is 5.32 Å². The number of aliphatic carboxylic acids is 1. The first kappa shape index (κ1) is 17.4. The Labute approximate surface area is 136 Å².